The standard InChI is InChI=1S/C37H36Cl2N4O4/c1-41(37(46)32-20-25(22-40)19-28-7-3-4-8-30(28)32)23-29(27-11-12-33(38)34(39)21-27)15-18-42-16-13-26(14-17-42)31-9-5-6-10-35(31)43(47-2)36(45)24-44/h3-12,19-21,24,26,29H,13-18,23H2,1-2H3/t29-/m1/s1. The summed E-state index contributed by atoms with van der Waals surface area (Å²) in [6, 6.07) is 26.4. The SMILES string of the molecule is CON(C(=O)C=O)c1ccccc1C1CCN(CC[C@H](CN(C)C(=O)c2cc(C#N)cc3ccccc23)c2ccc(Cl)c(Cl)c2)CC1. The lowest BCUT2D eigenvalue weighted by Crippen LogP contribution is -2.37. The number of anilines is 1. The van der Waals surface area contributed by atoms with E-state index in [0.29, 0.717) is 33.4 Å². The highest BCUT2D eigenvalue weighted by molar-refractivity contribution is 6.42. The van der Waals surface area contributed by atoms with Crippen LogP contribution >= 0.6 is 23.2 Å². The second kappa shape index (κ2) is 15.6. The van der Waals surface area contributed by atoms with E-state index in [0.717, 1.165) is 65.9 Å². The van der Waals surface area contributed by atoms with Gasteiger partial charge >= 0.3 is 5.91 Å². The van der Waals surface area contributed by atoms with Crippen LogP contribution < -0.4 is 5.06 Å². The molecule has 10 heteroatoms. The minimum Gasteiger partial charge on any atom is -0.341 e. The topological polar surface area (TPSA) is 93.9 Å². The Labute approximate surface area is 285 Å². The molecule has 1 aliphatic heterocycles. The van der Waals surface area contributed by atoms with Crippen molar-refractivity contribution in [1.29, 1.82) is 5.26 Å². The number of nitriles is 1. The summed E-state index contributed by atoms with van der Waals surface area (Å²) in [6.07, 6.45) is 2.79. The molecule has 0 aliphatic carbocycles. The Hall–Kier alpha value is -4.26. The van der Waals surface area contributed by atoms with Crippen LogP contribution in [0.4, 0.5) is 5.69 Å². The largest absolute Gasteiger partial charge is 0.341 e. The highest BCUT2D eigenvalue weighted by Crippen LogP contribution is 2.36. The molecule has 0 spiro atoms. The number of piperidine rings is 1. The summed E-state index contributed by atoms with van der Waals surface area (Å²) in [5.41, 5.74) is 3.51. The van der Waals surface area contributed by atoms with Crippen molar-refractivity contribution < 1.29 is 19.2 Å². The van der Waals surface area contributed by atoms with Crippen LogP contribution in [0.3, 0.4) is 0 Å². The number of benzene rings is 4. The van der Waals surface area contributed by atoms with Crippen molar-refractivity contribution in [3.05, 3.63) is 111 Å². The number of likely N-dealkylation sites (tertiary alicyclic amines) is 1. The summed E-state index contributed by atoms with van der Waals surface area (Å²) in [5, 5.41) is 13.3. The smallest absolute Gasteiger partial charge is 0.314 e. The Kier molecular flexibility index (Phi) is 11.3. The summed E-state index contributed by atoms with van der Waals surface area (Å²) < 4.78 is 0. The van der Waals surface area contributed by atoms with Gasteiger partial charge in [-0.3, -0.25) is 19.2 Å². The normalized spacial score (nSPS) is 14.4. The van der Waals surface area contributed by atoms with E-state index >= 15 is 0 Å². The van der Waals surface area contributed by atoms with Crippen LogP contribution in [-0.2, 0) is 14.4 Å². The number of hydroxylamine groups is 1. The molecule has 1 fully saturated rings. The minimum atomic E-state index is -0.750. The van der Waals surface area contributed by atoms with Crippen LogP contribution in [0.1, 0.15) is 58.1 Å². The number of amides is 2. The number of halogens is 2. The summed E-state index contributed by atoms with van der Waals surface area (Å²) >= 11 is 12.7. The fraction of sp³-hybridized carbons (Fsp3) is 0.297. The van der Waals surface area contributed by atoms with Gasteiger partial charge in [-0.25, -0.2) is 0 Å². The van der Waals surface area contributed by atoms with Gasteiger partial charge in [-0.15, -0.1) is 0 Å². The first kappa shape index (κ1) is 34.1. The molecule has 47 heavy (non-hydrogen) atoms. The maximum Gasteiger partial charge on any atom is 0.314 e. The first-order chi connectivity index (χ1) is 22.7. The van der Waals surface area contributed by atoms with Gasteiger partial charge in [0.15, 0.2) is 0 Å². The van der Waals surface area contributed by atoms with Crippen LogP contribution in [0.2, 0.25) is 10.0 Å². The highest BCUT2D eigenvalue weighted by Gasteiger charge is 2.28. The Morgan fingerprint density at radius 3 is 2.45 bits per heavy atom. The summed E-state index contributed by atoms with van der Waals surface area (Å²) in [6.45, 7) is 2.96. The fourth-order valence-electron chi connectivity index (χ4n) is 6.48. The van der Waals surface area contributed by atoms with E-state index < -0.39 is 5.91 Å². The number of carbonyl (C=O) groups excluding carboxylic acids is 3. The molecule has 0 saturated carbocycles. The Bertz CT molecular complexity index is 1820. The van der Waals surface area contributed by atoms with E-state index in [1.54, 1.807) is 36.2 Å². The van der Waals surface area contributed by atoms with Crippen molar-refractivity contribution in [2.75, 3.05) is 45.4 Å². The molecule has 4 aromatic rings. The van der Waals surface area contributed by atoms with E-state index in [1.165, 1.54) is 7.11 Å². The third kappa shape index (κ3) is 7.83. The van der Waals surface area contributed by atoms with Crippen molar-refractivity contribution in [2.45, 2.75) is 31.1 Å². The lowest BCUT2D eigenvalue weighted by atomic mass is 9.87. The van der Waals surface area contributed by atoms with E-state index in [1.807, 2.05) is 54.6 Å². The molecule has 1 heterocycles. The van der Waals surface area contributed by atoms with Crippen LogP contribution in [0.15, 0.2) is 78.9 Å². The third-order valence-corrected chi connectivity index (χ3v) is 9.68. The minimum absolute atomic E-state index is 0.0211. The van der Waals surface area contributed by atoms with Crippen LogP contribution in [0.25, 0.3) is 10.8 Å². The molecular weight excluding hydrogens is 635 g/mol. The molecule has 0 unspecified atom stereocenters. The molecule has 5 rings (SSSR count). The zero-order chi connectivity index (χ0) is 33.5. The number of likely N-dealkylation sites (N-methyl/N-ethyl adjacent to an activating group) is 1. The number of fused-ring (bicyclic) bond motifs is 1. The van der Waals surface area contributed by atoms with Crippen LogP contribution in [0, 0.1) is 11.3 Å². The number of carbonyl (C=O) groups is 3. The lowest BCUT2D eigenvalue weighted by molar-refractivity contribution is -0.133. The number of aldehydes is 1. The molecule has 0 radical (unpaired) electrons. The van der Waals surface area contributed by atoms with Gasteiger partial charge in [0.2, 0.25) is 6.29 Å². The van der Waals surface area contributed by atoms with Crippen molar-refractivity contribution >= 4 is 57.8 Å². The van der Waals surface area contributed by atoms with Gasteiger partial charge < -0.3 is 9.80 Å². The van der Waals surface area contributed by atoms with Crippen molar-refractivity contribution in [3.63, 3.8) is 0 Å². The average molecular weight is 672 g/mol. The number of nitrogens with zero attached hydrogens (tertiary/aromatic N) is 4. The van der Waals surface area contributed by atoms with Gasteiger partial charge in [0, 0.05) is 25.1 Å². The number of hydrogen-bond donors (Lipinski definition) is 0. The Morgan fingerprint density at radius 2 is 1.74 bits per heavy atom. The van der Waals surface area contributed by atoms with Crippen LogP contribution in [0.5, 0.6) is 0 Å². The zero-order valence-electron chi connectivity index (χ0n) is 26.4. The molecule has 1 atom stereocenters. The Morgan fingerprint density at radius 1 is 1.02 bits per heavy atom. The van der Waals surface area contributed by atoms with Crippen molar-refractivity contribution in [1.82, 2.24) is 9.80 Å². The van der Waals surface area contributed by atoms with Gasteiger partial charge in [0.05, 0.1) is 34.5 Å². The molecule has 2 amide bonds. The summed E-state index contributed by atoms with van der Waals surface area (Å²) in [5.74, 6) is -0.721. The molecule has 1 saturated heterocycles. The fourth-order valence-corrected chi connectivity index (χ4v) is 6.79. The maximum absolute atomic E-state index is 13.9. The van der Waals surface area contributed by atoms with E-state index in [9.17, 15) is 19.6 Å². The third-order valence-electron chi connectivity index (χ3n) is 8.94. The summed E-state index contributed by atoms with van der Waals surface area (Å²) in [4.78, 5) is 46.6. The molecule has 242 valence electrons. The van der Waals surface area contributed by atoms with E-state index in [-0.39, 0.29) is 24.0 Å². The maximum atomic E-state index is 13.9. The quantitative estimate of drug-likeness (QED) is 0.0949. The predicted molar refractivity (Wildman–Crippen MR) is 185 cm³/mol. The molecule has 0 bridgehead atoms. The van der Waals surface area contributed by atoms with Gasteiger partial charge in [-0.2, -0.15) is 10.3 Å². The van der Waals surface area contributed by atoms with E-state index in [2.05, 4.69) is 11.0 Å². The molecule has 0 N–H and O–H groups in total. The van der Waals surface area contributed by atoms with E-state index in [4.69, 9.17) is 28.0 Å². The Balaban J connectivity index is 1.30. The highest BCUT2D eigenvalue weighted by atomic mass is 35.5. The molecular formula is C37H36Cl2N4O4. The lowest BCUT2D eigenvalue weighted by Gasteiger charge is -2.35. The van der Waals surface area contributed by atoms with Gasteiger partial charge in [0.25, 0.3) is 5.91 Å². The first-order valence-electron chi connectivity index (χ1n) is 15.5. The van der Waals surface area contributed by atoms with Gasteiger partial charge in [-0.05, 0) is 97.0 Å². The first-order valence-corrected chi connectivity index (χ1v) is 16.3. The number of hydrogen-bond acceptors (Lipinski definition) is 6. The molecule has 0 aromatic heterocycles. The second-order valence-corrected chi connectivity index (χ2v) is 12.6. The van der Waals surface area contributed by atoms with Gasteiger partial charge in [-0.1, -0.05) is 71.7 Å². The predicted octanol–water partition coefficient (Wildman–Crippen LogP) is 7.24. The monoisotopic (exact) mass is 670 g/mol. The van der Waals surface area contributed by atoms with Crippen LogP contribution in [-0.4, -0.2) is 68.2 Å². The molecule has 1 aliphatic rings. The summed E-state index contributed by atoms with van der Waals surface area (Å²) in [7, 11) is 3.17. The van der Waals surface area contributed by atoms with Crippen molar-refractivity contribution in [2.24, 2.45) is 0 Å². The number of para-hydroxylation sites is 1. The van der Waals surface area contributed by atoms with Gasteiger partial charge in [0.1, 0.15) is 0 Å². The molecule has 8 nitrogen and oxygen atoms in total. The molecule has 4 aromatic carbocycles. The number of rotatable bonds is 11. The zero-order valence-corrected chi connectivity index (χ0v) is 27.9. The second-order valence-electron chi connectivity index (χ2n) is 11.8. The van der Waals surface area contributed by atoms with Crippen molar-refractivity contribution in [3.8, 4) is 6.07 Å². The average Bonchev–Trinajstić information content (AvgIpc) is 3.11.